The number of likely N-dealkylation sites (tertiary alicyclic amines) is 1. The van der Waals surface area contributed by atoms with Crippen molar-refractivity contribution in [3.63, 3.8) is 0 Å². The number of carbonyl (C=O) groups excluding carboxylic acids is 1. The number of halogens is 1. The summed E-state index contributed by atoms with van der Waals surface area (Å²) in [5.41, 5.74) is 0.581. The van der Waals surface area contributed by atoms with Gasteiger partial charge in [-0.3, -0.25) is 4.90 Å². The second kappa shape index (κ2) is 7.57. The van der Waals surface area contributed by atoms with E-state index in [1.54, 1.807) is 23.5 Å². The van der Waals surface area contributed by atoms with Crippen molar-refractivity contribution in [1.82, 2.24) is 10.2 Å². The van der Waals surface area contributed by atoms with Crippen LogP contribution < -0.4 is 10.6 Å². The first kappa shape index (κ1) is 16.0. The van der Waals surface area contributed by atoms with Gasteiger partial charge < -0.3 is 10.6 Å². The molecule has 3 rings (SSSR count). The third-order valence-corrected chi connectivity index (χ3v) is 4.98. The van der Waals surface area contributed by atoms with Crippen LogP contribution in [0.1, 0.15) is 23.8 Å². The average molecular weight is 333 g/mol. The minimum absolute atomic E-state index is 0.219. The predicted octanol–water partition coefficient (Wildman–Crippen LogP) is 3.85. The molecule has 4 nitrogen and oxygen atoms in total. The van der Waals surface area contributed by atoms with Gasteiger partial charge in [0, 0.05) is 17.1 Å². The first-order valence-corrected chi connectivity index (χ1v) is 8.68. The van der Waals surface area contributed by atoms with Crippen molar-refractivity contribution in [1.29, 1.82) is 0 Å². The zero-order valence-corrected chi connectivity index (χ0v) is 13.6. The molecule has 1 atom stereocenters. The fraction of sp³-hybridized carbons (Fsp3) is 0.353. The molecule has 1 saturated heterocycles. The Morgan fingerprint density at radius 3 is 2.61 bits per heavy atom. The van der Waals surface area contributed by atoms with Gasteiger partial charge in [-0.05, 0) is 61.6 Å². The van der Waals surface area contributed by atoms with E-state index in [1.165, 1.54) is 29.9 Å². The Bertz CT molecular complexity index is 624. The summed E-state index contributed by atoms with van der Waals surface area (Å²) in [6, 6.07) is 9.87. The molecule has 6 heteroatoms. The molecule has 0 saturated carbocycles. The molecule has 1 fully saturated rings. The molecular formula is C17H20FN3OS. The molecule has 0 bridgehead atoms. The number of thiophene rings is 1. The molecule has 0 unspecified atom stereocenters. The average Bonchev–Trinajstić information content (AvgIpc) is 3.24. The van der Waals surface area contributed by atoms with Crippen LogP contribution in [-0.4, -0.2) is 30.6 Å². The highest BCUT2D eigenvalue weighted by molar-refractivity contribution is 7.10. The summed E-state index contributed by atoms with van der Waals surface area (Å²) in [7, 11) is 0. The fourth-order valence-electron chi connectivity index (χ4n) is 2.84. The zero-order valence-electron chi connectivity index (χ0n) is 12.8. The Kier molecular flexibility index (Phi) is 5.25. The summed E-state index contributed by atoms with van der Waals surface area (Å²) < 4.78 is 12.9. The topological polar surface area (TPSA) is 44.4 Å². The predicted molar refractivity (Wildman–Crippen MR) is 91.3 cm³/mol. The lowest BCUT2D eigenvalue weighted by molar-refractivity contribution is 0.229. The van der Waals surface area contributed by atoms with E-state index in [0.29, 0.717) is 12.2 Å². The van der Waals surface area contributed by atoms with E-state index in [2.05, 4.69) is 27.0 Å². The van der Waals surface area contributed by atoms with Gasteiger partial charge in [-0.25, -0.2) is 9.18 Å². The van der Waals surface area contributed by atoms with Gasteiger partial charge in [0.05, 0.1) is 6.04 Å². The van der Waals surface area contributed by atoms with E-state index >= 15 is 0 Å². The van der Waals surface area contributed by atoms with Crippen molar-refractivity contribution in [2.75, 3.05) is 25.0 Å². The maximum Gasteiger partial charge on any atom is 0.319 e. The first-order valence-electron chi connectivity index (χ1n) is 7.80. The van der Waals surface area contributed by atoms with Gasteiger partial charge >= 0.3 is 6.03 Å². The molecule has 2 aromatic rings. The summed E-state index contributed by atoms with van der Waals surface area (Å²) in [5.74, 6) is -0.317. The van der Waals surface area contributed by atoms with E-state index in [4.69, 9.17) is 0 Å². The second-order valence-electron chi connectivity index (χ2n) is 5.62. The molecular weight excluding hydrogens is 313 g/mol. The Hall–Kier alpha value is -1.92. The summed E-state index contributed by atoms with van der Waals surface area (Å²) >= 11 is 1.72. The van der Waals surface area contributed by atoms with Gasteiger partial charge in [0.2, 0.25) is 0 Å². The molecule has 122 valence electrons. The smallest absolute Gasteiger partial charge is 0.319 e. The highest BCUT2D eigenvalue weighted by atomic mass is 32.1. The van der Waals surface area contributed by atoms with Gasteiger partial charge in [-0.1, -0.05) is 6.07 Å². The number of hydrogen-bond donors (Lipinski definition) is 2. The summed E-state index contributed by atoms with van der Waals surface area (Å²) in [6.07, 6.45) is 2.42. The minimum atomic E-state index is -0.317. The number of anilines is 1. The van der Waals surface area contributed by atoms with E-state index in [-0.39, 0.29) is 17.9 Å². The Morgan fingerprint density at radius 1 is 1.22 bits per heavy atom. The van der Waals surface area contributed by atoms with Crippen LogP contribution in [0.15, 0.2) is 41.8 Å². The molecule has 1 aliphatic heterocycles. The van der Waals surface area contributed by atoms with Gasteiger partial charge in [0.15, 0.2) is 0 Å². The van der Waals surface area contributed by atoms with E-state index in [9.17, 15) is 9.18 Å². The molecule has 2 amide bonds. The summed E-state index contributed by atoms with van der Waals surface area (Å²) in [6.45, 7) is 2.71. The molecule has 2 heterocycles. The third kappa shape index (κ3) is 4.30. The highest BCUT2D eigenvalue weighted by Gasteiger charge is 2.24. The van der Waals surface area contributed by atoms with E-state index in [0.717, 1.165) is 13.1 Å². The standard InChI is InChI=1S/C17H20FN3OS/c18-13-5-7-14(8-6-13)20-17(22)19-12-15(16-4-3-11-23-16)21-9-1-2-10-21/h3-8,11,15H,1-2,9-10,12H2,(H2,19,20,22)/t15-/m0/s1. The van der Waals surface area contributed by atoms with Gasteiger partial charge in [-0.2, -0.15) is 0 Å². The van der Waals surface area contributed by atoms with Crippen molar-refractivity contribution in [3.8, 4) is 0 Å². The Balaban J connectivity index is 1.57. The summed E-state index contributed by atoms with van der Waals surface area (Å²) in [4.78, 5) is 15.7. The fourth-order valence-corrected chi connectivity index (χ4v) is 3.70. The molecule has 1 aliphatic rings. The van der Waals surface area contributed by atoms with Crippen molar-refractivity contribution < 1.29 is 9.18 Å². The normalized spacial score (nSPS) is 16.2. The number of hydrogen-bond acceptors (Lipinski definition) is 3. The largest absolute Gasteiger partial charge is 0.336 e. The summed E-state index contributed by atoms with van der Waals surface area (Å²) in [5, 5.41) is 7.73. The molecule has 23 heavy (non-hydrogen) atoms. The number of nitrogens with zero attached hydrogens (tertiary/aromatic N) is 1. The maximum atomic E-state index is 12.9. The highest BCUT2D eigenvalue weighted by Crippen LogP contribution is 2.27. The molecule has 1 aromatic heterocycles. The van der Waals surface area contributed by atoms with Crippen molar-refractivity contribution >= 4 is 23.1 Å². The van der Waals surface area contributed by atoms with Crippen LogP contribution in [0, 0.1) is 5.82 Å². The van der Waals surface area contributed by atoms with Crippen molar-refractivity contribution in [2.24, 2.45) is 0 Å². The van der Waals surface area contributed by atoms with Crippen LogP contribution in [0.5, 0.6) is 0 Å². The first-order chi connectivity index (χ1) is 11.2. The monoisotopic (exact) mass is 333 g/mol. The van der Waals surface area contributed by atoms with Gasteiger partial charge in [-0.15, -0.1) is 11.3 Å². The van der Waals surface area contributed by atoms with Crippen LogP contribution in [0.4, 0.5) is 14.9 Å². The lowest BCUT2D eigenvalue weighted by Crippen LogP contribution is -2.38. The number of nitrogens with one attached hydrogen (secondary N) is 2. The lowest BCUT2D eigenvalue weighted by Gasteiger charge is -2.26. The maximum absolute atomic E-state index is 12.9. The zero-order chi connectivity index (χ0) is 16.1. The molecule has 0 aliphatic carbocycles. The Labute approximate surface area is 139 Å². The molecule has 0 radical (unpaired) electrons. The van der Waals surface area contributed by atoms with Crippen LogP contribution in [0.25, 0.3) is 0 Å². The van der Waals surface area contributed by atoms with Gasteiger partial charge in [0.25, 0.3) is 0 Å². The van der Waals surface area contributed by atoms with Crippen LogP contribution in [0.3, 0.4) is 0 Å². The molecule has 0 spiro atoms. The van der Waals surface area contributed by atoms with Crippen LogP contribution in [-0.2, 0) is 0 Å². The quantitative estimate of drug-likeness (QED) is 0.873. The minimum Gasteiger partial charge on any atom is -0.336 e. The Morgan fingerprint density at radius 2 is 1.96 bits per heavy atom. The SMILES string of the molecule is O=C(NC[C@@H](c1cccs1)N1CCCC1)Nc1ccc(F)cc1. The van der Waals surface area contributed by atoms with E-state index in [1.807, 2.05) is 6.07 Å². The third-order valence-electron chi connectivity index (χ3n) is 4.01. The van der Waals surface area contributed by atoms with Crippen molar-refractivity contribution in [3.05, 3.63) is 52.5 Å². The van der Waals surface area contributed by atoms with Gasteiger partial charge in [0.1, 0.15) is 5.82 Å². The molecule has 1 aromatic carbocycles. The number of carbonyl (C=O) groups is 1. The number of urea groups is 1. The number of amides is 2. The van der Waals surface area contributed by atoms with Crippen LogP contribution in [0.2, 0.25) is 0 Å². The second-order valence-corrected chi connectivity index (χ2v) is 6.60. The number of benzene rings is 1. The molecule has 2 N–H and O–H groups in total. The number of rotatable bonds is 5. The van der Waals surface area contributed by atoms with E-state index < -0.39 is 0 Å². The van der Waals surface area contributed by atoms with Crippen molar-refractivity contribution in [2.45, 2.75) is 18.9 Å². The van der Waals surface area contributed by atoms with Crippen LogP contribution >= 0.6 is 11.3 Å². The lowest BCUT2D eigenvalue weighted by atomic mass is 10.2.